The number of anilines is 1. The molecule has 1 N–H and O–H groups in total. The van der Waals surface area contributed by atoms with E-state index in [0.717, 1.165) is 16.0 Å². The van der Waals surface area contributed by atoms with Gasteiger partial charge in [0.2, 0.25) is 0 Å². The summed E-state index contributed by atoms with van der Waals surface area (Å²) in [6, 6.07) is 4.69. The van der Waals surface area contributed by atoms with Crippen molar-refractivity contribution in [3.8, 4) is 0 Å². The van der Waals surface area contributed by atoms with E-state index in [1.54, 1.807) is 0 Å². The van der Waals surface area contributed by atoms with Gasteiger partial charge in [0, 0.05) is 23.6 Å². The Balaban J connectivity index is 1.85. The molecule has 100 valence electrons. The van der Waals surface area contributed by atoms with E-state index in [-0.39, 0.29) is 0 Å². The van der Waals surface area contributed by atoms with Crippen molar-refractivity contribution in [2.75, 3.05) is 25.0 Å². The number of likely N-dealkylation sites (tertiary alicyclic amines) is 1. The molecule has 0 aliphatic carbocycles. The van der Waals surface area contributed by atoms with Gasteiger partial charge >= 0.3 is 0 Å². The number of nitrogens with zero attached hydrogens (tertiary/aromatic N) is 2. The molecule has 2 rings (SSSR count). The molecule has 0 aromatic carbocycles. The van der Waals surface area contributed by atoms with Gasteiger partial charge in [0.15, 0.2) is 0 Å². The zero-order chi connectivity index (χ0) is 13.0. The van der Waals surface area contributed by atoms with Crippen molar-refractivity contribution < 1.29 is 0 Å². The summed E-state index contributed by atoms with van der Waals surface area (Å²) in [5.41, 5.74) is 1.04. The van der Waals surface area contributed by atoms with Crippen molar-refractivity contribution in [3.05, 3.63) is 22.3 Å². The molecule has 2 heterocycles. The lowest BCUT2D eigenvalue weighted by Gasteiger charge is -2.32. The van der Waals surface area contributed by atoms with Gasteiger partial charge in [-0.2, -0.15) is 0 Å². The molecule has 1 aliphatic rings. The lowest BCUT2D eigenvalue weighted by molar-refractivity contribution is 0.219. The van der Waals surface area contributed by atoms with Gasteiger partial charge in [-0.1, -0.05) is 6.92 Å². The Hall–Kier alpha value is -0.610. The third-order valence-corrected chi connectivity index (χ3v) is 4.34. The van der Waals surface area contributed by atoms with E-state index in [4.69, 9.17) is 0 Å². The summed E-state index contributed by atoms with van der Waals surface area (Å²) in [5, 5.41) is 3.55. The van der Waals surface area contributed by atoms with E-state index in [1.807, 2.05) is 6.92 Å². The monoisotopic (exact) mass is 311 g/mol. The van der Waals surface area contributed by atoms with Gasteiger partial charge in [-0.15, -0.1) is 0 Å². The maximum Gasteiger partial charge on any atom is 0.126 e. The molecule has 0 spiro atoms. The Morgan fingerprint density at radius 1 is 1.39 bits per heavy atom. The average Bonchev–Trinajstić information content (AvgIpc) is 2.37. The SMILES string of the molecule is CCCN1CCC(Nc2ccc(Br)c(C)n2)CC1. The van der Waals surface area contributed by atoms with E-state index >= 15 is 0 Å². The molecule has 0 bridgehead atoms. The van der Waals surface area contributed by atoms with Crippen molar-refractivity contribution in [3.63, 3.8) is 0 Å². The molecule has 1 fully saturated rings. The largest absolute Gasteiger partial charge is 0.367 e. The highest BCUT2D eigenvalue weighted by Crippen LogP contribution is 2.19. The van der Waals surface area contributed by atoms with Crippen LogP contribution in [0.5, 0.6) is 0 Å². The Morgan fingerprint density at radius 3 is 2.72 bits per heavy atom. The minimum absolute atomic E-state index is 0.575. The molecule has 1 aromatic rings. The molecule has 0 saturated carbocycles. The lowest BCUT2D eigenvalue weighted by atomic mass is 10.0. The fourth-order valence-corrected chi connectivity index (χ4v) is 2.67. The number of aromatic nitrogens is 1. The third kappa shape index (κ3) is 3.69. The molecule has 1 aliphatic heterocycles. The Labute approximate surface area is 118 Å². The second-order valence-electron chi connectivity index (χ2n) is 5.02. The second-order valence-corrected chi connectivity index (χ2v) is 5.88. The highest BCUT2D eigenvalue weighted by atomic mass is 79.9. The normalized spacial score (nSPS) is 17.9. The summed E-state index contributed by atoms with van der Waals surface area (Å²) in [5.74, 6) is 1.00. The first-order valence-electron chi connectivity index (χ1n) is 6.81. The summed E-state index contributed by atoms with van der Waals surface area (Å²) < 4.78 is 1.07. The lowest BCUT2D eigenvalue weighted by Crippen LogP contribution is -2.39. The smallest absolute Gasteiger partial charge is 0.126 e. The van der Waals surface area contributed by atoms with Gasteiger partial charge in [-0.05, 0) is 60.8 Å². The van der Waals surface area contributed by atoms with E-state index in [2.05, 4.69) is 50.2 Å². The highest BCUT2D eigenvalue weighted by molar-refractivity contribution is 9.10. The van der Waals surface area contributed by atoms with Gasteiger partial charge < -0.3 is 10.2 Å². The predicted molar refractivity (Wildman–Crippen MR) is 80.0 cm³/mol. The van der Waals surface area contributed by atoms with Crippen LogP contribution in [0.3, 0.4) is 0 Å². The van der Waals surface area contributed by atoms with Crippen LogP contribution in [0.1, 0.15) is 31.9 Å². The minimum atomic E-state index is 0.575. The summed E-state index contributed by atoms with van der Waals surface area (Å²) in [6.07, 6.45) is 3.69. The van der Waals surface area contributed by atoms with Crippen LogP contribution < -0.4 is 5.32 Å². The molecule has 18 heavy (non-hydrogen) atoms. The third-order valence-electron chi connectivity index (χ3n) is 3.50. The zero-order valence-corrected chi connectivity index (χ0v) is 12.8. The highest BCUT2D eigenvalue weighted by Gasteiger charge is 2.18. The molecular weight excluding hydrogens is 290 g/mol. The van der Waals surface area contributed by atoms with Crippen LogP contribution in [-0.2, 0) is 0 Å². The number of hydrogen-bond donors (Lipinski definition) is 1. The van der Waals surface area contributed by atoms with Crippen LogP contribution in [0.2, 0.25) is 0 Å². The molecule has 0 amide bonds. The van der Waals surface area contributed by atoms with Gasteiger partial charge in [0.25, 0.3) is 0 Å². The maximum atomic E-state index is 4.55. The molecule has 0 atom stereocenters. The van der Waals surface area contributed by atoms with Crippen molar-refractivity contribution in [2.45, 2.75) is 39.2 Å². The van der Waals surface area contributed by atoms with Crippen LogP contribution >= 0.6 is 15.9 Å². The van der Waals surface area contributed by atoms with E-state index < -0.39 is 0 Å². The van der Waals surface area contributed by atoms with Crippen molar-refractivity contribution >= 4 is 21.7 Å². The molecule has 0 radical (unpaired) electrons. The van der Waals surface area contributed by atoms with Crippen molar-refractivity contribution in [1.82, 2.24) is 9.88 Å². The van der Waals surface area contributed by atoms with Gasteiger partial charge in [0.05, 0.1) is 5.69 Å². The Bertz CT molecular complexity index is 387. The van der Waals surface area contributed by atoms with Crippen LogP contribution in [0.15, 0.2) is 16.6 Å². The average molecular weight is 312 g/mol. The molecule has 4 heteroatoms. The summed E-state index contributed by atoms with van der Waals surface area (Å²) >= 11 is 3.48. The number of piperidine rings is 1. The molecular formula is C14H22BrN3. The molecule has 0 unspecified atom stereocenters. The first-order valence-corrected chi connectivity index (χ1v) is 7.60. The molecule has 1 aromatic heterocycles. The minimum Gasteiger partial charge on any atom is -0.367 e. The summed E-state index contributed by atoms with van der Waals surface area (Å²) in [4.78, 5) is 7.10. The second kappa shape index (κ2) is 6.53. The Kier molecular flexibility index (Phi) is 5.01. The number of aryl methyl sites for hydroxylation is 1. The van der Waals surface area contributed by atoms with Crippen molar-refractivity contribution in [2.24, 2.45) is 0 Å². The summed E-state index contributed by atoms with van der Waals surface area (Å²) in [6.45, 7) is 7.93. The van der Waals surface area contributed by atoms with Crippen LogP contribution in [0.25, 0.3) is 0 Å². The van der Waals surface area contributed by atoms with Gasteiger partial charge in [-0.3, -0.25) is 0 Å². The first-order chi connectivity index (χ1) is 8.69. The standard InChI is InChI=1S/C14H22BrN3/c1-3-8-18-9-6-12(7-10-18)17-14-5-4-13(15)11(2)16-14/h4-5,12H,3,6-10H2,1-2H3,(H,16,17). The van der Waals surface area contributed by atoms with Gasteiger partial charge in [0.1, 0.15) is 5.82 Å². The quantitative estimate of drug-likeness (QED) is 0.923. The summed E-state index contributed by atoms with van der Waals surface area (Å²) in [7, 11) is 0. The fraction of sp³-hybridized carbons (Fsp3) is 0.643. The van der Waals surface area contributed by atoms with E-state index in [9.17, 15) is 0 Å². The molecule has 1 saturated heterocycles. The van der Waals surface area contributed by atoms with E-state index in [1.165, 1.54) is 38.9 Å². The Morgan fingerprint density at radius 2 is 2.11 bits per heavy atom. The maximum absolute atomic E-state index is 4.55. The zero-order valence-electron chi connectivity index (χ0n) is 11.2. The number of hydrogen-bond acceptors (Lipinski definition) is 3. The fourth-order valence-electron chi connectivity index (χ4n) is 2.45. The van der Waals surface area contributed by atoms with Crippen molar-refractivity contribution in [1.29, 1.82) is 0 Å². The number of rotatable bonds is 4. The first kappa shape index (κ1) is 13.8. The van der Waals surface area contributed by atoms with Crippen LogP contribution in [0, 0.1) is 6.92 Å². The number of halogens is 1. The molecule has 3 nitrogen and oxygen atoms in total. The van der Waals surface area contributed by atoms with Crippen LogP contribution in [-0.4, -0.2) is 35.6 Å². The van der Waals surface area contributed by atoms with Gasteiger partial charge in [-0.25, -0.2) is 4.98 Å². The number of pyridine rings is 1. The topological polar surface area (TPSA) is 28.2 Å². The van der Waals surface area contributed by atoms with Crippen LogP contribution in [0.4, 0.5) is 5.82 Å². The predicted octanol–water partition coefficient (Wildman–Crippen LogP) is 3.44. The number of nitrogens with one attached hydrogen (secondary N) is 1. The van der Waals surface area contributed by atoms with E-state index in [0.29, 0.717) is 6.04 Å².